The van der Waals surface area contributed by atoms with Crippen molar-refractivity contribution in [1.29, 1.82) is 0 Å². The van der Waals surface area contributed by atoms with Crippen LogP contribution >= 0.6 is 0 Å². The van der Waals surface area contributed by atoms with Gasteiger partial charge in [-0.05, 0) is 50.0 Å². The quantitative estimate of drug-likeness (QED) is 0.709. The lowest BCUT2D eigenvalue weighted by atomic mass is 10.2. The molecule has 0 atom stereocenters. The van der Waals surface area contributed by atoms with E-state index in [1.807, 2.05) is 4.90 Å². The van der Waals surface area contributed by atoms with Gasteiger partial charge in [0.2, 0.25) is 15.7 Å². The number of carbonyl (C=O) groups is 1. The minimum atomic E-state index is -4.55. The Morgan fingerprint density at radius 3 is 2.14 bits per heavy atom. The maximum absolute atomic E-state index is 12.6. The third-order valence-corrected chi connectivity index (χ3v) is 6.79. The second-order valence-corrected chi connectivity index (χ2v) is 9.36. The molecule has 0 saturated carbocycles. The predicted molar refractivity (Wildman–Crippen MR) is 102 cm³/mol. The molecular formula is C19H27F2N3O3S. The van der Waals surface area contributed by atoms with Gasteiger partial charge in [-0.2, -0.15) is 8.78 Å². The van der Waals surface area contributed by atoms with Gasteiger partial charge in [-0.25, -0.2) is 8.42 Å². The van der Waals surface area contributed by atoms with Gasteiger partial charge >= 0.3 is 5.76 Å². The minimum Gasteiger partial charge on any atom is -0.342 e. The summed E-state index contributed by atoms with van der Waals surface area (Å²) in [4.78, 5) is 18.4. The summed E-state index contributed by atoms with van der Waals surface area (Å²) in [7, 11) is -4.55. The van der Waals surface area contributed by atoms with Crippen LogP contribution in [0.1, 0.15) is 24.8 Å². The SMILES string of the molecule is O=C(CN1CCCN(Cc2ccc(S(=O)(=O)C(F)F)cc2)CC1)N1CCCC1. The van der Waals surface area contributed by atoms with Gasteiger partial charge in [0.1, 0.15) is 0 Å². The second kappa shape index (κ2) is 9.28. The molecule has 28 heavy (non-hydrogen) atoms. The molecule has 2 aliphatic rings. The molecule has 1 amide bonds. The van der Waals surface area contributed by atoms with E-state index in [-0.39, 0.29) is 10.8 Å². The van der Waals surface area contributed by atoms with Crippen LogP contribution < -0.4 is 0 Å². The first-order valence-electron chi connectivity index (χ1n) is 9.70. The number of sulfone groups is 1. The highest BCUT2D eigenvalue weighted by molar-refractivity contribution is 7.91. The van der Waals surface area contributed by atoms with Crippen LogP contribution in [0.5, 0.6) is 0 Å². The molecule has 0 unspecified atom stereocenters. The molecule has 0 N–H and O–H groups in total. The Balaban J connectivity index is 1.51. The summed E-state index contributed by atoms with van der Waals surface area (Å²) in [5.74, 6) is -3.19. The first kappa shape index (κ1) is 21.1. The molecule has 2 aliphatic heterocycles. The summed E-state index contributed by atoms with van der Waals surface area (Å²) in [6.45, 7) is 6.21. The van der Waals surface area contributed by atoms with Gasteiger partial charge in [-0.15, -0.1) is 0 Å². The number of carbonyl (C=O) groups excluding carboxylic acids is 1. The third kappa shape index (κ3) is 5.27. The van der Waals surface area contributed by atoms with E-state index < -0.39 is 15.6 Å². The summed E-state index contributed by atoms with van der Waals surface area (Å²) in [5, 5.41) is 0. The minimum absolute atomic E-state index is 0.210. The number of hydrogen-bond acceptors (Lipinski definition) is 5. The summed E-state index contributed by atoms with van der Waals surface area (Å²) in [5.41, 5.74) is 0.884. The van der Waals surface area contributed by atoms with Gasteiger partial charge in [0, 0.05) is 32.7 Å². The van der Waals surface area contributed by atoms with Crippen molar-refractivity contribution in [1.82, 2.24) is 14.7 Å². The van der Waals surface area contributed by atoms with E-state index >= 15 is 0 Å². The number of nitrogens with zero attached hydrogens (tertiary/aromatic N) is 3. The lowest BCUT2D eigenvalue weighted by Gasteiger charge is -2.24. The molecule has 9 heteroatoms. The average molecular weight is 416 g/mol. The van der Waals surface area contributed by atoms with Crippen LogP contribution in [-0.2, 0) is 21.2 Å². The maximum Gasteiger partial charge on any atom is 0.341 e. The Morgan fingerprint density at radius 1 is 0.893 bits per heavy atom. The first-order valence-corrected chi connectivity index (χ1v) is 11.2. The number of hydrogen-bond donors (Lipinski definition) is 0. The zero-order valence-electron chi connectivity index (χ0n) is 15.9. The van der Waals surface area contributed by atoms with Crippen LogP contribution in [0, 0.1) is 0 Å². The lowest BCUT2D eigenvalue weighted by molar-refractivity contribution is -0.131. The van der Waals surface area contributed by atoms with Crippen molar-refractivity contribution in [2.75, 3.05) is 45.8 Å². The third-order valence-electron chi connectivity index (χ3n) is 5.39. The topological polar surface area (TPSA) is 60.9 Å². The first-order chi connectivity index (χ1) is 13.4. The van der Waals surface area contributed by atoms with E-state index in [0.717, 1.165) is 64.1 Å². The molecule has 2 heterocycles. The second-order valence-electron chi connectivity index (χ2n) is 7.44. The van der Waals surface area contributed by atoms with Crippen molar-refractivity contribution in [2.45, 2.75) is 36.5 Å². The van der Waals surface area contributed by atoms with Crippen LogP contribution in [-0.4, -0.2) is 80.6 Å². The lowest BCUT2D eigenvalue weighted by Crippen LogP contribution is -2.40. The number of likely N-dealkylation sites (tertiary alicyclic amines) is 1. The summed E-state index contributed by atoms with van der Waals surface area (Å²) < 4.78 is 48.2. The predicted octanol–water partition coefficient (Wildman–Crippen LogP) is 1.81. The molecule has 156 valence electrons. The van der Waals surface area contributed by atoms with Crippen molar-refractivity contribution in [3.8, 4) is 0 Å². The molecule has 3 rings (SSSR count). The van der Waals surface area contributed by atoms with Crippen LogP contribution in [0.2, 0.25) is 0 Å². The smallest absolute Gasteiger partial charge is 0.341 e. The summed E-state index contributed by atoms with van der Waals surface area (Å²) in [6.07, 6.45) is 3.14. The van der Waals surface area contributed by atoms with Crippen LogP contribution in [0.4, 0.5) is 8.78 Å². The van der Waals surface area contributed by atoms with Crippen molar-refractivity contribution >= 4 is 15.7 Å². The zero-order chi connectivity index (χ0) is 20.1. The maximum atomic E-state index is 12.6. The molecule has 6 nitrogen and oxygen atoms in total. The van der Waals surface area contributed by atoms with Crippen molar-refractivity contribution in [3.63, 3.8) is 0 Å². The monoisotopic (exact) mass is 415 g/mol. The van der Waals surface area contributed by atoms with Crippen molar-refractivity contribution in [2.24, 2.45) is 0 Å². The fraction of sp³-hybridized carbons (Fsp3) is 0.632. The van der Waals surface area contributed by atoms with E-state index in [0.29, 0.717) is 13.1 Å². The van der Waals surface area contributed by atoms with Crippen LogP contribution in [0.25, 0.3) is 0 Å². The van der Waals surface area contributed by atoms with Gasteiger partial charge < -0.3 is 4.90 Å². The highest BCUT2D eigenvalue weighted by atomic mass is 32.2. The van der Waals surface area contributed by atoms with Gasteiger partial charge in [0.25, 0.3) is 0 Å². The number of amides is 1. The van der Waals surface area contributed by atoms with Crippen LogP contribution in [0.15, 0.2) is 29.2 Å². The van der Waals surface area contributed by atoms with Gasteiger partial charge in [-0.1, -0.05) is 12.1 Å². The molecule has 2 fully saturated rings. The van der Waals surface area contributed by atoms with Crippen molar-refractivity contribution in [3.05, 3.63) is 29.8 Å². The highest BCUT2D eigenvalue weighted by Gasteiger charge is 2.26. The van der Waals surface area contributed by atoms with E-state index in [1.54, 1.807) is 12.1 Å². The number of rotatable bonds is 6. The molecule has 0 aliphatic carbocycles. The van der Waals surface area contributed by atoms with Gasteiger partial charge in [0.15, 0.2) is 0 Å². The number of halogens is 2. The Hall–Kier alpha value is -1.58. The fourth-order valence-corrected chi connectivity index (χ4v) is 4.47. The Morgan fingerprint density at radius 2 is 1.50 bits per heavy atom. The average Bonchev–Trinajstić information content (AvgIpc) is 3.12. The zero-order valence-corrected chi connectivity index (χ0v) is 16.7. The molecule has 2 saturated heterocycles. The molecule has 1 aromatic rings. The van der Waals surface area contributed by atoms with E-state index in [1.165, 1.54) is 12.1 Å². The van der Waals surface area contributed by atoms with E-state index in [4.69, 9.17) is 0 Å². The largest absolute Gasteiger partial charge is 0.342 e. The fourth-order valence-electron chi connectivity index (χ4n) is 3.74. The highest BCUT2D eigenvalue weighted by Crippen LogP contribution is 2.19. The van der Waals surface area contributed by atoms with E-state index in [9.17, 15) is 22.0 Å². The van der Waals surface area contributed by atoms with Crippen molar-refractivity contribution < 1.29 is 22.0 Å². The molecule has 0 aromatic heterocycles. The number of alkyl halides is 2. The molecular weight excluding hydrogens is 388 g/mol. The molecule has 0 bridgehead atoms. The Labute approximate surface area is 165 Å². The number of benzene rings is 1. The van der Waals surface area contributed by atoms with Gasteiger partial charge in [-0.3, -0.25) is 14.6 Å². The molecule has 1 aromatic carbocycles. The normalized spacial score (nSPS) is 19.9. The Bertz CT molecular complexity index is 765. The molecule has 0 radical (unpaired) electrons. The van der Waals surface area contributed by atoms with E-state index in [2.05, 4.69) is 9.80 Å². The Kier molecular flexibility index (Phi) is 7.00. The standard InChI is InChI=1S/C19H27F2N3O3S/c20-19(21)28(26,27)17-6-4-16(5-7-17)14-22-8-3-9-23(13-12-22)15-18(25)24-10-1-2-11-24/h4-7,19H,1-3,8-15H2. The molecule has 0 spiro atoms. The summed E-state index contributed by atoms with van der Waals surface area (Å²) >= 11 is 0. The summed E-state index contributed by atoms with van der Waals surface area (Å²) in [6, 6.07) is 5.68. The van der Waals surface area contributed by atoms with Crippen LogP contribution in [0.3, 0.4) is 0 Å². The van der Waals surface area contributed by atoms with Gasteiger partial charge in [0.05, 0.1) is 11.4 Å².